The van der Waals surface area contributed by atoms with Crippen LogP contribution in [0.1, 0.15) is 114 Å². The van der Waals surface area contributed by atoms with E-state index in [1.165, 1.54) is 0 Å². The fourth-order valence-electron chi connectivity index (χ4n) is 13.2. The van der Waals surface area contributed by atoms with Crippen molar-refractivity contribution in [3.05, 3.63) is 101 Å². The number of anilines is 1. The zero-order valence-electron chi connectivity index (χ0n) is 44.4. The smallest absolute Gasteiger partial charge is 0.319 e. The summed E-state index contributed by atoms with van der Waals surface area (Å²) in [6, 6.07) is 19.1. The first kappa shape index (κ1) is 51.0. The van der Waals surface area contributed by atoms with Gasteiger partial charge < -0.3 is 39.5 Å². The van der Waals surface area contributed by atoms with E-state index in [4.69, 9.17) is 28.9 Å². The number of hydrogen-bond acceptors (Lipinski definition) is 15. The maximum atomic E-state index is 17.4. The normalized spacial score (nSPS) is 23.1. The minimum Gasteiger partial charge on any atom is -0.508 e. The van der Waals surface area contributed by atoms with Gasteiger partial charge in [0.15, 0.2) is 11.6 Å². The Kier molecular flexibility index (Phi) is 13.8. The molecular formula is C59H67FN10O6S. The minimum absolute atomic E-state index is 0.0333. The lowest BCUT2D eigenvalue weighted by molar-refractivity contribution is -0.141. The molecule has 7 atom stereocenters. The van der Waals surface area contributed by atoms with Gasteiger partial charge in [-0.05, 0) is 129 Å². The highest BCUT2D eigenvalue weighted by Crippen LogP contribution is 2.44. The highest BCUT2D eigenvalue weighted by Gasteiger charge is 2.50. The lowest BCUT2D eigenvalue weighted by atomic mass is 9.91. The molecule has 2 amide bonds. The first-order valence-electron chi connectivity index (χ1n) is 27.6. The number of likely N-dealkylation sites (tertiary alicyclic amines) is 1. The maximum absolute atomic E-state index is 17.4. The number of phenolic OH excluding ortho intramolecular Hbond substituents is 1. The number of halogens is 1. The molecule has 0 spiro atoms. The van der Waals surface area contributed by atoms with Gasteiger partial charge in [0.25, 0.3) is 5.88 Å². The second-order valence-corrected chi connectivity index (χ2v) is 23.2. The minimum atomic E-state index is -0.653. The molecule has 7 aromatic rings. The number of thiazole rings is 1. The fourth-order valence-corrected chi connectivity index (χ4v) is 14.0. The van der Waals surface area contributed by atoms with Crippen molar-refractivity contribution >= 4 is 50.6 Å². The Hall–Kier alpha value is -6.76. The maximum Gasteiger partial charge on any atom is 0.319 e. The van der Waals surface area contributed by atoms with Crippen LogP contribution in [0.2, 0.25) is 0 Å². The van der Waals surface area contributed by atoms with Gasteiger partial charge in [-0.15, -0.1) is 11.3 Å². The number of benzene rings is 3. The number of carbonyl (C=O) groups is 2. The van der Waals surface area contributed by atoms with Crippen LogP contribution in [-0.2, 0) is 16.0 Å². The molecule has 402 valence electrons. The Balaban J connectivity index is 0.727. The summed E-state index contributed by atoms with van der Waals surface area (Å²) in [5, 5.41) is 24.2. The molecule has 18 heteroatoms. The Morgan fingerprint density at radius 3 is 2.56 bits per heavy atom. The van der Waals surface area contributed by atoms with Crippen molar-refractivity contribution < 1.29 is 33.1 Å². The first-order valence-corrected chi connectivity index (χ1v) is 28.4. The molecule has 5 fully saturated rings. The summed E-state index contributed by atoms with van der Waals surface area (Å²) >= 11 is 1.61. The second kappa shape index (κ2) is 20.9. The zero-order valence-corrected chi connectivity index (χ0v) is 45.2. The molecule has 3 aromatic carbocycles. The van der Waals surface area contributed by atoms with Crippen LogP contribution in [-0.4, -0.2) is 121 Å². The van der Waals surface area contributed by atoms with Crippen molar-refractivity contribution in [3.8, 4) is 39.3 Å². The van der Waals surface area contributed by atoms with E-state index in [1.807, 2.05) is 63.5 Å². The predicted octanol–water partition coefficient (Wildman–Crippen LogP) is 9.68. The molecule has 0 radical (unpaired) electrons. The molecular weight excluding hydrogens is 996 g/mol. The highest BCUT2D eigenvalue weighted by atomic mass is 32.1. The van der Waals surface area contributed by atoms with Gasteiger partial charge in [-0.25, -0.2) is 9.37 Å². The Morgan fingerprint density at radius 2 is 1.79 bits per heavy atom. The average Bonchev–Trinajstić information content (AvgIpc) is 4.39. The molecule has 5 aliphatic rings. The van der Waals surface area contributed by atoms with Crippen LogP contribution in [0, 0.1) is 18.7 Å². The monoisotopic (exact) mass is 1060 g/mol. The number of phenols is 1. The molecule has 12 rings (SSSR count). The number of piperazine rings is 1. The van der Waals surface area contributed by atoms with Gasteiger partial charge in [0.1, 0.15) is 48.0 Å². The first-order chi connectivity index (χ1) is 37.3. The van der Waals surface area contributed by atoms with Gasteiger partial charge in [0.2, 0.25) is 11.8 Å². The van der Waals surface area contributed by atoms with Crippen molar-refractivity contribution in [1.29, 1.82) is 0 Å². The summed E-state index contributed by atoms with van der Waals surface area (Å²) in [7, 11) is 0. The van der Waals surface area contributed by atoms with Crippen LogP contribution in [0.3, 0.4) is 0 Å². The SMILES string of the molecule is CCc1cccc2cc(O)cc(-c3ncc4c(N5CC6CCC(C5)N6)nc(OCC56CCCN5C(COc5cc(C(C(=O)N7CCCC7C(=O)NC(C)c7ccc(-c8scnc8C)cc7)C(C)C)on5)CC6)nc4c3F)c12. The predicted molar refractivity (Wildman–Crippen MR) is 294 cm³/mol. The molecule has 16 nitrogen and oxygen atoms in total. The van der Waals surface area contributed by atoms with Gasteiger partial charge in [-0.1, -0.05) is 63.2 Å². The molecule has 9 heterocycles. The summed E-state index contributed by atoms with van der Waals surface area (Å²) < 4.78 is 36.3. The largest absolute Gasteiger partial charge is 0.508 e. The third-order valence-corrected chi connectivity index (χ3v) is 18.1. The van der Waals surface area contributed by atoms with E-state index in [0.29, 0.717) is 66.7 Å². The van der Waals surface area contributed by atoms with Gasteiger partial charge in [-0.3, -0.25) is 19.5 Å². The zero-order chi connectivity index (χ0) is 53.1. The fraction of sp³-hybridized carbons (Fsp3) is 0.475. The van der Waals surface area contributed by atoms with Crippen molar-refractivity contribution in [2.24, 2.45) is 5.92 Å². The van der Waals surface area contributed by atoms with Crippen LogP contribution in [0.15, 0.2) is 76.9 Å². The van der Waals surface area contributed by atoms with E-state index in [2.05, 4.69) is 49.6 Å². The molecule has 4 aromatic heterocycles. The van der Waals surface area contributed by atoms with Crippen molar-refractivity contribution in [1.82, 2.24) is 45.5 Å². The molecule has 2 bridgehead atoms. The van der Waals surface area contributed by atoms with Crippen LogP contribution >= 0.6 is 11.3 Å². The van der Waals surface area contributed by atoms with Crippen LogP contribution in [0.25, 0.3) is 43.4 Å². The lowest BCUT2D eigenvalue weighted by Gasteiger charge is -2.35. The van der Waals surface area contributed by atoms with Crippen molar-refractivity contribution in [2.75, 3.05) is 44.3 Å². The summed E-state index contributed by atoms with van der Waals surface area (Å²) in [6.07, 6.45) is 9.48. The number of carbonyl (C=O) groups excluding carboxylic acids is 2. The van der Waals surface area contributed by atoms with E-state index in [-0.39, 0.29) is 58.3 Å². The van der Waals surface area contributed by atoms with Crippen molar-refractivity contribution in [2.45, 2.75) is 134 Å². The van der Waals surface area contributed by atoms with E-state index >= 15 is 4.39 Å². The number of ether oxygens (including phenoxy) is 2. The molecule has 77 heavy (non-hydrogen) atoms. The Bertz CT molecular complexity index is 3340. The van der Waals surface area contributed by atoms with Crippen LogP contribution in [0.5, 0.6) is 17.6 Å². The summed E-state index contributed by atoms with van der Waals surface area (Å²) in [6.45, 7) is 13.5. The van der Waals surface area contributed by atoms with E-state index in [0.717, 1.165) is 109 Å². The molecule has 3 N–H and O–H groups in total. The highest BCUT2D eigenvalue weighted by molar-refractivity contribution is 7.13. The number of pyridine rings is 1. The molecule has 0 saturated carbocycles. The van der Waals surface area contributed by atoms with Crippen LogP contribution < -0.4 is 25.0 Å². The Labute approximate surface area is 451 Å². The summed E-state index contributed by atoms with van der Waals surface area (Å²) in [5.41, 5.74) is 6.41. The third kappa shape index (κ3) is 9.64. The van der Waals surface area contributed by atoms with E-state index in [1.54, 1.807) is 40.6 Å². The lowest BCUT2D eigenvalue weighted by Crippen LogP contribution is -2.51. The number of nitrogens with one attached hydrogen (secondary N) is 2. The van der Waals surface area contributed by atoms with E-state index < -0.39 is 17.8 Å². The van der Waals surface area contributed by atoms with E-state index in [9.17, 15) is 14.7 Å². The molecule has 0 aliphatic carbocycles. The molecule has 5 aliphatic heterocycles. The number of rotatable bonds is 16. The quantitative estimate of drug-likeness (QED) is 0.0831. The number of hydrogen-bond donors (Lipinski definition) is 3. The van der Waals surface area contributed by atoms with Gasteiger partial charge in [0.05, 0.1) is 33.0 Å². The number of aromatic hydroxyl groups is 1. The Morgan fingerprint density at radius 1 is 0.974 bits per heavy atom. The van der Waals surface area contributed by atoms with Gasteiger partial charge in [0, 0.05) is 55.6 Å². The summed E-state index contributed by atoms with van der Waals surface area (Å²) in [4.78, 5) is 54.8. The number of aromatic nitrogens is 5. The standard InChI is InChI=1S/C59H67FN10O6S/c1-6-36-10-7-11-39-24-43(71)25-44(50(36)39)52-51(60)53-45(27-61-52)55(68-28-40-17-18-41(29-68)64-40)66-58(65-53)75-31-59-20-9-23-70(59)42(19-21-59)30-74-48-26-47(76-67-48)49(33(2)3)57(73)69-22-8-12-46(69)56(72)63-34(4)37-13-15-38(16-14-37)54-35(5)62-32-77-54/h7,10-11,13-16,24-27,32-34,40-42,46,49,64,71H,6,8-9,12,17-23,28-31H2,1-5H3,(H,63,72). The van der Waals surface area contributed by atoms with Gasteiger partial charge in [-0.2, -0.15) is 9.97 Å². The summed E-state index contributed by atoms with van der Waals surface area (Å²) in [5.74, 6) is -0.332. The number of fused-ring (bicyclic) bond motifs is 5. The van der Waals surface area contributed by atoms with Crippen molar-refractivity contribution in [3.63, 3.8) is 0 Å². The number of aryl methyl sites for hydroxylation is 2. The van der Waals surface area contributed by atoms with Crippen LogP contribution in [0.4, 0.5) is 10.2 Å². The van der Waals surface area contributed by atoms with Gasteiger partial charge >= 0.3 is 6.01 Å². The second-order valence-electron chi connectivity index (χ2n) is 22.3. The molecule has 5 saturated heterocycles. The third-order valence-electron chi connectivity index (χ3n) is 17.1. The number of nitrogens with zero attached hydrogens (tertiary/aromatic N) is 8. The number of amides is 2. The topological polar surface area (TPSA) is 184 Å². The molecule has 7 unspecified atom stereocenters. The average molecular weight is 1060 g/mol.